The maximum absolute atomic E-state index is 13.4. The molecule has 4 heteroatoms. The van der Waals surface area contributed by atoms with Gasteiger partial charge in [-0.3, -0.25) is 0 Å². The number of hydrogen-bond donors (Lipinski definition) is 1. The molecule has 0 aromatic heterocycles. The third-order valence-corrected chi connectivity index (χ3v) is 3.17. The molecule has 1 fully saturated rings. The van der Waals surface area contributed by atoms with Crippen molar-refractivity contribution in [1.29, 1.82) is 0 Å². The van der Waals surface area contributed by atoms with Crippen LogP contribution in [0.15, 0.2) is 24.3 Å². The first-order valence-corrected chi connectivity index (χ1v) is 6.10. The van der Waals surface area contributed by atoms with Gasteiger partial charge in [-0.25, -0.2) is 4.39 Å². The summed E-state index contributed by atoms with van der Waals surface area (Å²) >= 11 is 2.23. The normalized spacial score (nSPS) is 26.3. The maximum Gasteiger partial charge on any atom is 0.149 e. The quantitative estimate of drug-likeness (QED) is 0.845. The maximum atomic E-state index is 13.4. The number of piperidine rings is 1. The van der Waals surface area contributed by atoms with Crippen molar-refractivity contribution in [1.82, 2.24) is 5.32 Å². The molecule has 0 bridgehead atoms. The number of nitrogens with one attached hydrogen (secondary N) is 1. The monoisotopic (exact) mass is 321 g/mol. The number of alkyl halides is 1. The van der Waals surface area contributed by atoms with Crippen LogP contribution >= 0.6 is 22.6 Å². The van der Waals surface area contributed by atoms with Crippen molar-refractivity contribution in [2.75, 3.05) is 13.1 Å². The van der Waals surface area contributed by atoms with Crippen molar-refractivity contribution in [3.05, 3.63) is 27.8 Å². The van der Waals surface area contributed by atoms with Gasteiger partial charge in [0.05, 0.1) is 0 Å². The summed E-state index contributed by atoms with van der Waals surface area (Å²) < 4.78 is 20.2. The zero-order valence-corrected chi connectivity index (χ0v) is 10.4. The van der Waals surface area contributed by atoms with E-state index in [1.54, 1.807) is 0 Å². The molecule has 0 unspecified atom stereocenters. The summed E-state index contributed by atoms with van der Waals surface area (Å²) in [6.45, 7) is 1.23. The fraction of sp³-hybridized carbons (Fsp3) is 0.455. The van der Waals surface area contributed by atoms with Gasteiger partial charge in [-0.2, -0.15) is 0 Å². The molecule has 1 aliphatic heterocycles. The van der Waals surface area contributed by atoms with Crippen molar-refractivity contribution < 1.29 is 9.13 Å². The van der Waals surface area contributed by atoms with Crippen LogP contribution in [0.4, 0.5) is 4.39 Å². The molecule has 2 rings (SSSR count). The molecule has 0 spiro atoms. The minimum absolute atomic E-state index is 0.300. The second-order valence-corrected chi connectivity index (χ2v) is 4.86. The summed E-state index contributed by atoms with van der Waals surface area (Å²) in [5.41, 5.74) is 0. The van der Waals surface area contributed by atoms with Crippen LogP contribution in [-0.2, 0) is 0 Å². The number of ether oxygens (including phenoxy) is 1. The molecular weight excluding hydrogens is 308 g/mol. The molecule has 1 aromatic carbocycles. The topological polar surface area (TPSA) is 21.3 Å². The predicted molar refractivity (Wildman–Crippen MR) is 66.0 cm³/mol. The van der Waals surface area contributed by atoms with Gasteiger partial charge in [0.25, 0.3) is 0 Å². The molecule has 2 atom stereocenters. The number of hydrogen-bond acceptors (Lipinski definition) is 2. The van der Waals surface area contributed by atoms with Crippen molar-refractivity contribution in [2.24, 2.45) is 0 Å². The van der Waals surface area contributed by atoms with E-state index in [9.17, 15) is 4.39 Å². The van der Waals surface area contributed by atoms with E-state index in [4.69, 9.17) is 4.74 Å². The highest BCUT2D eigenvalue weighted by Crippen LogP contribution is 2.19. The lowest BCUT2D eigenvalue weighted by Crippen LogP contribution is -2.44. The van der Waals surface area contributed by atoms with Crippen LogP contribution in [0.5, 0.6) is 5.75 Å². The molecule has 2 nitrogen and oxygen atoms in total. The third kappa shape index (κ3) is 3.04. The van der Waals surface area contributed by atoms with Gasteiger partial charge in [0, 0.05) is 10.1 Å². The minimum atomic E-state index is -0.905. The van der Waals surface area contributed by atoms with Gasteiger partial charge in [-0.15, -0.1) is 0 Å². The van der Waals surface area contributed by atoms with Crippen LogP contribution in [0.3, 0.4) is 0 Å². The van der Waals surface area contributed by atoms with Crippen LogP contribution in [-0.4, -0.2) is 25.4 Å². The second kappa shape index (κ2) is 5.12. The minimum Gasteiger partial charge on any atom is -0.487 e. The first-order valence-electron chi connectivity index (χ1n) is 5.03. The van der Waals surface area contributed by atoms with E-state index in [-0.39, 0.29) is 6.10 Å². The van der Waals surface area contributed by atoms with E-state index in [1.165, 1.54) is 0 Å². The Kier molecular flexibility index (Phi) is 3.80. The fourth-order valence-electron chi connectivity index (χ4n) is 1.62. The summed E-state index contributed by atoms with van der Waals surface area (Å²) in [6.07, 6.45) is -0.475. The predicted octanol–water partition coefficient (Wildman–Crippen LogP) is 2.37. The lowest BCUT2D eigenvalue weighted by atomic mass is 10.1. The van der Waals surface area contributed by atoms with Gasteiger partial charge in [0.2, 0.25) is 0 Å². The van der Waals surface area contributed by atoms with E-state index in [0.29, 0.717) is 6.54 Å². The SMILES string of the molecule is F[C@H]1CNCC[C@H]1Oc1ccc(I)cc1. The molecule has 0 amide bonds. The highest BCUT2D eigenvalue weighted by molar-refractivity contribution is 14.1. The standard InChI is InChI=1S/C11H13FINO/c12-10-7-14-6-5-11(10)15-9-3-1-8(13)2-4-9/h1-4,10-11,14H,5-7H2/t10-,11+/m0/s1. The summed E-state index contributed by atoms with van der Waals surface area (Å²) in [5.74, 6) is 0.755. The van der Waals surface area contributed by atoms with Gasteiger partial charge >= 0.3 is 0 Å². The van der Waals surface area contributed by atoms with Crippen LogP contribution in [0.25, 0.3) is 0 Å². The highest BCUT2D eigenvalue weighted by atomic mass is 127. The zero-order valence-electron chi connectivity index (χ0n) is 8.25. The van der Waals surface area contributed by atoms with Crippen LogP contribution in [0.2, 0.25) is 0 Å². The summed E-state index contributed by atoms with van der Waals surface area (Å²) in [4.78, 5) is 0. The molecule has 1 N–H and O–H groups in total. The fourth-order valence-corrected chi connectivity index (χ4v) is 1.98. The third-order valence-electron chi connectivity index (χ3n) is 2.45. The second-order valence-electron chi connectivity index (χ2n) is 3.62. The Morgan fingerprint density at radius 2 is 2.07 bits per heavy atom. The van der Waals surface area contributed by atoms with Gasteiger partial charge in [-0.1, -0.05) is 0 Å². The smallest absolute Gasteiger partial charge is 0.149 e. The molecule has 1 aliphatic rings. The summed E-state index contributed by atoms with van der Waals surface area (Å²) in [6, 6.07) is 7.70. The highest BCUT2D eigenvalue weighted by Gasteiger charge is 2.25. The molecule has 0 aliphatic carbocycles. The first kappa shape index (κ1) is 11.1. The summed E-state index contributed by atoms with van der Waals surface area (Å²) in [5, 5.41) is 3.00. The van der Waals surface area contributed by atoms with E-state index >= 15 is 0 Å². The molecule has 0 saturated carbocycles. The van der Waals surface area contributed by atoms with Gasteiger partial charge in [0.1, 0.15) is 18.0 Å². The van der Waals surface area contributed by atoms with Crippen LogP contribution < -0.4 is 10.1 Å². The lowest BCUT2D eigenvalue weighted by Gasteiger charge is -2.27. The zero-order chi connectivity index (χ0) is 10.7. The Balaban J connectivity index is 1.98. The van der Waals surface area contributed by atoms with Gasteiger partial charge in [0.15, 0.2) is 0 Å². The van der Waals surface area contributed by atoms with E-state index in [1.807, 2.05) is 24.3 Å². The van der Waals surface area contributed by atoms with Crippen molar-refractivity contribution in [3.63, 3.8) is 0 Å². The Morgan fingerprint density at radius 3 is 2.73 bits per heavy atom. The average Bonchev–Trinajstić information content (AvgIpc) is 2.25. The van der Waals surface area contributed by atoms with E-state index < -0.39 is 6.17 Å². The summed E-state index contributed by atoms with van der Waals surface area (Å²) in [7, 11) is 0. The number of rotatable bonds is 2. The first-order chi connectivity index (χ1) is 7.25. The lowest BCUT2D eigenvalue weighted by molar-refractivity contribution is 0.0731. The Bertz CT molecular complexity index is 317. The Morgan fingerprint density at radius 1 is 1.33 bits per heavy atom. The van der Waals surface area contributed by atoms with E-state index in [2.05, 4.69) is 27.9 Å². The van der Waals surface area contributed by atoms with Crippen LogP contribution in [0.1, 0.15) is 6.42 Å². The average molecular weight is 321 g/mol. The molecule has 1 heterocycles. The van der Waals surface area contributed by atoms with E-state index in [0.717, 1.165) is 22.3 Å². The molecular formula is C11H13FINO. The molecule has 1 aromatic rings. The largest absolute Gasteiger partial charge is 0.487 e. The Labute approximate surface area is 102 Å². The van der Waals surface area contributed by atoms with Crippen molar-refractivity contribution in [2.45, 2.75) is 18.7 Å². The molecule has 0 radical (unpaired) electrons. The molecule has 15 heavy (non-hydrogen) atoms. The number of halogens is 2. The van der Waals surface area contributed by atoms with Crippen molar-refractivity contribution in [3.8, 4) is 5.75 Å². The van der Waals surface area contributed by atoms with Crippen molar-refractivity contribution >= 4 is 22.6 Å². The molecule has 82 valence electrons. The number of benzene rings is 1. The van der Waals surface area contributed by atoms with Crippen LogP contribution in [0, 0.1) is 3.57 Å². The Hall–Kier alpha value is -0.360. The van der Waals surface area contributed by atoms with Gasteiger partial charge in [-0.05, 0) is 59.8 Å². The van der Waals surface area contributed by atoms with Gasteiger partial charge < -0.3 is 10.1 Å². The molecule has 1 saturated heterocycles.